The topological polar surface area (TPSA) is 0 Å². The molecule has 0 nitrogen and oxygen atoms in total. The summed E-state index contributed by atoms with van der Waals surface area (Å²) in [6, 6.07) is 0. The van der Waals surface area contributed by atoms with Gasteiger partial charge in [0.15, 0.2) is 0 Å². The van der Waals surface area contributed by atoms with Gasteiger partial charge in [0.2, 0.25) is 0 Å². The number of hydrogen-bond acceptors (Lipinski definition) is 0. The van der Waals surface area contributed by atoms with Crippen LogP contribution in [0, 0.1) is 0 Å². The Labute approximate surface area is 155 Å². The second kappa shape index (κ2) is 13.5. The molecule has 0 aromatic carbocycles. The molecule has 2 heteroatoms. The first-order valence-corrected chi connectivity index (χ1v) is 16.4. The third-order valence-electron chi connectivity index (χ3n) is 4.90. The van der Waals surface area contributed by atoms with Gasteiger partial charge in [0.1, 0.15) is 0 Å². The van der Waals surface area contributed by atoms with Crippen molar-refractivity contribution in [2.75, 3.05) is 25.7 Å². The Morgan fingerprint density at radius 1 is 0.500 bits per heavy atom. The Balaban J connectivity index is 3.60. The molecule has 0 aliphatic rings. The van der Waals surface area contributed by atoms with Crippen molar-refractivity contribution in [3.8, 4) is 0 Å². The van der Waals surface area contributed by atoms with E-state index in [0.29, 0.717) is 0 Å². The van der Waals surface area contributed by atoms with E-state index in [1.807, 2.05) is 0 Å². The van der Waals surface area contributed by atoms with Gasteiger partial charge in [-0.25, -0.2) is 0 Å². The Bertz CT molecular complexity index is 220. The fourth-order valence-electron chi connectivity index (χ4n) is 3.23. The molecule has 22 heavy (non-hydrogen) atoms. The molecule has 0 aromatic heterocycles. The molecule has 0 aromatic rings. The van der Waals surface area contributed by atoms with Crippen molar-refractivity contribution in [2.45, 2.75) is 104 Å². The molecule has 0 atom stereocenters. The molecule has 0 saturated heterocycles. The fourth-order valence-corrected chi connectivity index (χ4v) is 7.89. The normalized spacial score (nSPS) is 14.0. The van der Waals surface area contributed by atoms with Gasteiger partial charge in [-0.3, -0.25) is 0 Å². The summed E-state index contributed by atoms with van der Waals surface area (Å²) in [7, 11) is 0. The summed E-state index contributed by atoms with van der Waals surface area (Å²) >= 11 is 2.89. The first-order valence-electron chi connectivity index (χ1n) is 10.1. The summed E-state index contributed by atoms with van der Waals surface area (Å²) < 4.78 is -1.35. The zero-order valence-corrected chi connectivity index (χ0v) is 19.2. The average molecular weight is 442 g/mol. The van der Waals surface area contributed by atoms with E-state index in [2.05, 4.69) is 49.2 Å². The standard InChI is InChI=1S/C20H44IP/c1-5-7-9-11-13-15-17-19-22(3,4,21)20-18-16-14-12-10-8-6-2/h5-20H2,1-4H3. The van der Waals surface area contributed by atoms with Crippen LogP contribution in [0.5, 0.6) is 0 Å². The Morgan fingerprint density at radius 3 is 1.09 bits per heavy atom. The van der Waals surface area contributed by atoms with E-state index in [0.717, 1.165) is 0 Å². The predicted molar refractivity (Wildman–Crippen MR) is 119 cm³/mol. The Hall–Kier alpha value is 1.16. The van der Waals surface area contributed by atoms with Gasteiger partial charge in [-0.2, -0.15) is 0 Å². The molecular weight excluding hydrogens is 398 g/mol. The number of hydrogen-bond donors (Lipinski definition) is 0. The van der Waals surface area contributed by atoms with Crippen LogP contribution in [0.15, 0.2) is 0 Å². The van der Waals surface area contributed by atoms with Crippen LogP contribution in [-0.2, 0) is 0 Å². The van der Waals surface area contributed by atoms with Crippen molar-refractivity contribution in [2.24, 2.45) is 0 Å². The van der Waals surface area contributed by atoms with E-state index in [1.54, 1.807) is 0 Å². The molecule has 0 saturated carbocycles. The molecular formula is C20H44IP. The molecule has 0 unspecified atom stereocenters. The summed E-state index contributed by atoms with van der Waals surface area (Å²) in [5.74, 6) is 0. The van der Waals surface area contributed by atoms with Crippen LogP contribution < -0.4 is 0 Å². The molecule has 0 N–H and O–H groups in total. The third kappa shape index (κ3) is 16.0. The summed E-state index contributed by atoms with van der Waals surface area (Å²) in [6.07, 6.45) is 23.4. The Kier molecular flexibility index (Phi) is 14.2. The minimum absolute atomic E-state index is 1.35. The molecule has 136 valence electrons. The number of rotatable bonds is 16. The number of halogens is 1. The van der Waals surface area contributed by atoms with Gasteiger partial charge in [0.25, 0.3) is 0 Å². The van der Waals surface area contributed by atoms with Crippen LogP contribution in [-0.4, -0.2) is 25.7 Å². The van der Waals surface area contributed by atoms with E-state index >= 15 is 0 Å². The summed E-state index contributed by atoms with van der Waals surface area (Å²) in [4.78, 5) is 0. The second-order valence-corrected chi connectivity index (χ2v) is 24.0. The molecule has 0 spiro atoms. The zero-order valence-electron chi connectivity index (χ0n) is 16.1. The van der Waals surface area contributed by atoms with Crippen LogP contribution in [0.25, 0.3) is 0 Å². The van der Waals surface area contributed by atoms with E-state index in [4.69, 9.17) is 0 Å². The van der Waals surface area contributed by atoms with Gasteiger partial charge >= 0.3 is 156 Å². The average Bonchev–Trinajstić information content (AvgIpc) is 2.45. The van der Waals surface area contributed by atoms with Gasteiger partial charge in [-0.05, 0) is 0 Å². The van der Waals surface area contributed by atoms with Crippen LogP contribution in [0.3, 0.4) is 0 Å². The first-order chi connectivity index (χ1) is 10.4. The molecule has 0 amide bonds. The van der Waals surface area contributed by atoms with Crippen molar-refractivity contribution in [1.82, 2.24) is 0 Å². The van der Waals surface area contributed by atoms with Gasteiger partial charge in [-0.15, -0.1) is 0 Å². The van der Waals surface area contributed by atoms with E-state index in [-0.39, 0.29) is 0 Å². The van der Waals surface area contributed by atoms with Crippen LogP contribution in [0.2, 0.25) is 0 Å². The molecule has 0 aliphatic heterocycles. The maximum absolute atomic E-state index is 2.89. The summed E-state index contributed by atoms with van der Waals surface area (Å²) in [5, 5.41) is 0. The zero-order chi connectivity index (χ0) is 16.8. The van der Waals surface area contributed by atoms with E-state index in [1.165, 1.54) is 102 Å². The van der Waals surface area contributed by atoms with Crippen LogP contribution in [0.1, 0.15) is 104 Å². The van der Waals surface area contributed by atoms with Crippen molar-refractivity contribution >= 4 is 26.3 Å². The van der Waals surface area contributed by atoms with Gasteiger partial charge in [0.05, 0.1) is 0 Å². The van der Waals surface area contributed by atoms with E-state index < -0.39 is 4.25 Å². The van der Waals surface area contributed by atoms with Crippen molar-refractivity contribution in [3.63, 3.8) is 0 Å². The molecule has 0 bridgehead atoms. The van der Waals surface area contributed by atoms with Crippen LogP contribution in [0.4, 0.5) is 0 Å². The SMILES string of the molecule is CCCCCCCCCP(C)(C)(I)CCCCCCCCC. The van der Waals surface area contributed by atoms with Gasteiger partial charge < -0.3 is 0 Å². The summed E-state index contributed by atoms with van der Waals surface area (Å²) in [6.45, 7) is 9.86. The fraction of sp³-hybridized carbons (Fsp3) is 1.00. The monoisotopic (exact) mass is 442 g/mol. The van der Waals surface area contributed by atoms with Gasteiger partial charge in [0, 0.05) is 0 Å². The number of unbranched alkanes of at least 4 members (excludes halogenated alkanes) is 12. The first kappa shape index (κ1) is 23.2. The molecule has 0 rings (SSSR count). The maximum atomic E-state index is 2.89. The predicted octanol–water partition coefficient (Wildman–Crippen LogP) is 8.65. The van der Waals surface area contributed by atoms with E-state index in [9.17, 15) is 0 Å². The van der Waals surface area contributed by atoms with Crippen molar-refractivity contribution < 1.29 is 0 Å². The molecule has 0 radical (unpaired) electrons. The van der Waals surface area contributed by atoms with Gasteiger partial charge in [-0.1, -0.05) is 0 Å². The third-order valence-corrected chi connectivity index (χ3v) is 11.2. The second-order valence-electron chi connectivity index (χ2n) is 8.20. The molecule has 0 fully saturated rings. The quantitative estimate of drug-likeness (QED) is 0.127. The molecule has 0 heterocycles. The van der Waals surface area contributed by atoms with Crippen molar-refractivity contribution in [1.29, 1.82) is 0 Å². The van der Waals surface area contributed by atoms with Crippen molar-refractivity contribution in [3.05, 3.63) is 0 Å². The molecule has 0 aliphatic carbocycles. The summed E-state index contributed by atoms with van der Waals surface area (Å²) in [5.41, 5.74) is 0. The van der Waals surface area contributed by atoms with Crippen LogP contribution >= 0.6 is 26.3 Å². The minimum atomic E-state index is -1.35. The Morgan fingerprint density at radius 2 is 0.773 bits per heavy atom.